The van der Waals surface area contributed by atoms with Gasteiger partial charge >= 0.3 is 0 Å². The lowest BCUT2D eigenvalue weighted by atomic mass is 10.1. The molecule has 0 unspecified atom stereocenters. The number of benzene rings is 2. The van der Waals surface area contributed by atoms with Crippen molar-refractivity contribution in [1.82, 2.24) is 14.8 Å². The third-order valence-corrected chi connectivity index (χ3v) is 2.95. The standard InChI is InChI=1S/C15H12FN3/c1-11-7-8-13(14(16)9-11)15-18-17-10-19(15)12-5-3-2-4-6-12/h2-10H,1H3. The maximum atomic E-state index is 14.0. The minimum absolute atomic E-state index is 0.287. The Morgan fingerprint density at radius 1 is 1.05 bits per heavy atom. The molecule has 19 heavy (non-hydrogen) atoms. The first-order valence-corrected chi connectivity index (χ1v) is 5.97. The topological polar surface area (TPSA) is 30.7 Å². The van der Waals surface area contributed by atoms with Gasteiger partial charge < -0.3 is 0 Å². The average molecular weight is 253 g/mol. The van der Waals surface area contributed by atoms with Gasteiger partial charge in [-0.05, 0) is 36.8 Å². The van der Waals surface area contributed by atoms with Crippen LogP contribution >= 0.6 is 0 Å². The maximum Gasteiger partial charge on any atom is 0.171 e. The second-order valence-corrected chi connectivity index (χ2v) is 4.34. The molecule has 0 saturated carbocycles. The monoisotopic (exact) mass is 253 g/mol. The Morgan fingerprint density at radius 3 is 2.58 bits per heavy atom. The Labute approximate surface area is 110 Å². The molecule has 0 aliphatic heterocycles. The van der Waals surface area contributed by atoms with Gasteiger partial charge in [-0.2, -0.15) is 0 Å². The third kappa shape index (κ3) is 2.12. The van der Waals surface area contributed by atoms with Crippen LogP contribution in [0.2, 0.25) is 0 Å². The van der Waals surface area contributed by atoms with E-state index in [1.165, 1.54) is 6.07 Å². The summed E-state index contributed by atoms with van der Waals surface area (Å²) < 4.78 is 15.8. The highest BCUT2D eigenvalue weighted by atomic mass is 19.1. The molecule has 0 spiro atoms. The van der Waals surface area contributed by atoms with Crippen molar-refractivity contribution in [2.75, 3.05) is 0 Å². The zero-order valence-electron chi connectivity index (χ0n) is 10.4. The lowest BCUT2D eigenvalue weighted by molar-refractivity contribution is 0.628. The van der Waals surface area contributed by atoms with E-state index in [2.05, 4.69) is 10.2 Å². The number of aryl methyl sites for hydroxylation is 1. The Hall–Kier alpha value is -2.49. The molecule has 0 amide bonds. The van der Waals surface area contributed by atoms with Crippen molar-refractivity contribution < 1.29 is 4.39 Å². The second-order valence-electron chi connectivity index (χ2n) is 4.34. The van der Waals surface area contributed by atoms with Gasteiger partial charge in [0.1, 0.15) is 12.1 Å². The highest BCUT2D eigenvalue weighted by Gasteiger charge is 2.13. The van der Waals surface area contributed by atoms with Crippen molar-refractivity contribution in [2.45, 2.75) is 6.92 Å². The lowest BCUT2D eigenvalue weighted by Gasteiger charge is -2.07. The molecule has 0 radical (unpaired) electrons. The number of nitrogens with zero attached hydrogens (tertiary/aromatic N) is 3. The number of rotatable bonds is 2. The van der Waals surface area contributed by atoms with Gasteiger partial charge in [0.15, 0.2) is 5.82 Å². The minimum Gasteiger partial charge on any atom is -0.282 e. The fourth-order valence-electron chi connectivity index (χ4n) is 2.00. The first-order valence-electron chi connectivity index (χ1n) is 5.97. The predicted molar refractivity (Wildman–Crippen MR) is 71.5 cm³/mol. The molecule has 0 atom stereocenters. The van der Waals surface area contributed by atoms with Gasteiger partial charge in [-0.15, -0.1) is 10.2 Å². The number of hydrogen-bond acceptors (Lipinski definition) is 2. The van der Waals surface area contributed by atoms with Crippen LogP contribution in [0.4, 0.5) is 4.39 Å². The summed E-state index contributed by atoms with van der Waals surface area (Å²) in [7, 11) is 0. The van der Waals surface area contributed by atoms with Crippen LogP contribution in [0.3, 0.4) is 0 Å². The van der Waals surface area contributed by atoms with Crippen LogP contribution < -0.4 is 0 Å². The smallest absolute Gasteiger partial charge is 0.171 e. The summed E-state index contributed by atoms with van der Waals surface area (Å²) in [5.41, 5.74) is 2.24. The van der Waals surface area contributed by atoms with E-state index in [9.17, 15) is 4.39 Å². The zero-order valence-corrected chi connectivity index (χ0v) is 10.4. The van der Waals surface area contributed by atoms with Gasteiger partial charge in [0.25, 0.3) is 0 Å². The van der Waals surface area contributed by atoms with Gasteiger partial charge in [-0.3, -0.25) is 4.57 Å². The van der Waals surface area contributed by atoms with E-state index in [0.29, 0.717) is 11.4 Å². The van der Waals surface area contributed by atoms with Crippen LogP contribution in [0, 0.1) is 12.7 Å². The van der Waals surface area contributed by atoms with E-state index in [4.69, 9.17) is 0 Å². The Bertz CT molecular complexity index is 704. The first-order chi connectivity index (χ1) is 9.25. The number of para-hydroxylation sites is 1. The van der Waals surface area contributed by atoms with Crippen LogP contribution in [0.15, 0.2) is 54.9 Å². The summed E-state index contributed by atoms with van der Waals surface area (Å²) in [5.74, 6) is 0.217. The Balaban J connectivity index is 2.15. The van der Waals surface area contributed by atoms with Crippen molar-refractivity contribution in [2.24, 2.45) is 0 Å². The summed E-state index contributed by atoms with van der Waals surface area (Å²) in [6, 6.07) is 14.7. The third-order valence-electron chi connectivity index (χ3n) is 2.95. The van der Waals surface area contributed by atoms with E-state index >= 15 is 0 Å². The van der Waals surface area contributed by atoms with Crippen molar-refractivity contribution in [3.63, 3.8) is 0 Å². The van der Waals surface area contributed by atoms with Crippen molar-refractivity contribution in [3.05, 3.63) is 66.2 Å². The van der Waals surface area contributed by atoms with Gasteiger partial charge in [0, 0.05) is 5.69 Å². The number of hydrogen-bond donors (Lipinski definition) is 0. The highest BCUT2D eigenvalue weighted by Crippen LogP contribution is 2.23. The van der Waals surface area contributed by atoms with Crippen LogP contribution in [0.25, 0.3) is 17.1 Å². The van der Waals surface area contributed by atoms with Crippen molar-refractivity contribution >= 4 is 0 Å². The minimum atomic E-state index is -0.287. The Morgan fingerprint density at radius 2 is 1.84 bits per heavy atom. The van der Waals surface area contributed by atoms with E-state index < -0.39 is 0 Å². The molecule has 3 aromatic rings. The molecular formula is C15H12FN3. The molecule has 1 aromatic heterocycles. The van der Waals surface area contributed by atoms with E-state index in [0.717, 1.165) is 11.3 Å². The summed E-state index contributed by atoms with van der Waals surface area (Å²) in [5, 5.41) is 7.91. The zero-order chi connectivity index (χ0) is 13.2. The van der Waals surface area contributed by atoms with E-state index in [1.807, 2.05) is 43.3 Å². The van der Waals surface area contributed by atoms with E-state index in [1.54, 1.807) is 17.0 Å². The summed E-state index contributed by atoms with van der Waals surface area (Å²) in [6.45, 7) is 1.86. The largest absolute Gasteiger partial charge is 0.282 e. The molecule has 2 aromatic carbocycles. The van der Waals surface area contributed by atoms with Crippen LogP contribution in [-0.2, 0) is 0 Å². The molecular weight excluding hydrogens is 241 g/mol. The van der Waals surface area contributed by atoms with Gasteiger partial charge in [0.05, 0.1) is 5.56 Å². The molecule has 0 fully saturated rings. The molecule has 3 nitrogen and oxygen atoms in total. The van der Waals surface area contributed by atoms with E-state index in [-0.39, 0.29) is 5.82 Å². The summed E-state index contributed by atoms with van der Waals surface area (Å²) in [6.07, 6.45) is 1.59. The van der Waals surface area contributed by atoms with Gasteiger partial charge in [-0.1, -0.05) is 24.3 Å². The van der Waals surface area contributed by atoms with Crippen LogP contribution in [-0.4, -0.2) is 14.8 Å². The molecule has 94 valence electrons. The SMILES string of the molecule is Cc1ccc(-c2nncn2-c2ccccc2)c(F)c1. The molecule has 0 N–H and O–H groups in total. The Kier molecular flexibility index (Phi) is 2.83. The lowest BCUT2D eigenvalue weighted by Crippen LogP contribution is -1.97. The normalized spacial score (nSPS) is 10.6. The van der Waals surface area contributed by atoms with Crippen LogP contribution in [0.1, 0.15) is 5.56 Å². The fraction of sp³-hybridized carbons (Fsp3) is 0.0667. The highest BCUT2D eigenvalue weighted by molar-refractivity contribution is 5.59. The quantitative estimate of drug-likeness (QED) is 0.701. The molecule has 3 rings (SSSR count). The fourth-order valence-corrected chi connectivity index (χ4v) is 2.00. The van der Waals surface area contributed by atoms with Crippen molar-refractivity contribution in [1.29, 1.82) is 0 Å². The maximum absolute atomic E-state index is 14.0. The number of aromatic nitrogens is 3. The first kappa shape index (κ1) is 11.6. The van der Waals surface area contributed by atoms with Gasteiger partial charge in [-0.25, -0.2) is 4.39 Å². The predicted octanol–water partition coefficient (Wildman–Crippen LogP) is 3.38. The molecule has 0 aliphatic carbocycles. The molecule has 4 heteroatoms. The van der Waals surface area contributed by atoms with Crippen molar-refractivity contribution in [3.8, 4) is 17.1 Å². The second kappa shape index (κ2) is 4.65. The summed E-state index contributed by atoms with van der Waals surface area (Å²) in [4.78, 5) is 0. The molecule has 1 heterocycles. The van der Waals surface area contributed by atoms with Crippen LogP contribution in [0.5, 0.6) is 0 Å². The van der Waals surface area contributed by atoms with Gasteiger partial charge in [0.2, 0.25) is 0 Å². The molecule has 0 saturated heterocycles. The molecule has 0 bridgehead atoms. The molecule has 0 aliphatic rings. The average Bonchev–Trinajstić information content (AvgIpc) is 2.89. The number of halogens is 1. The summed E-state index contributed by atoms with van der Waals surface area (Å²) >= 11 is 0.